The normalized spacial score (nSPS) is 10.6. The zero-order valence-corrected chi connectivity index (χ0v) is 8.95. The molecule has 0 aliphatic rings. The molecular weight excluding hydrogens is 226 g/mol. The lowest BCUT2D eigenvalue weighted by molar-refractivity contribution is -0.384. The lowest BCUT2D eigenvalue weighted by Crippen LogP contribution is -1.99. The van der Waals surface area contributed by atoms with Gasteiger partial charge in [-0.1, -0.05) is 0 Å². The van der Waals surface area contributed by atoms with Gasteiger partial charge < -0.3 is 9.51 Å². The Morgan fingerprint density at radius 3 is 2.94 bits per heavy atom. The average molecular weight is 235 g/mol. The van der Waals surface area contributed by atoms with Crippen LogP contribution in [0.3, 0.4) is 0 Å². The number of imidazole rings is 1. The van der Waals surface area contributed by atoms with E-state index in [1.807, 2.05) is 0 Å². The molecule has 88 valence electrons. The Labute approximate surface area is 95.5 Å². The number of carboxylic acids is 1. The van der Waals surface area contributed by atoms with Crippen LogP contribution in [0.1, 0.15) is 11.3 Å². The van der Waals surface area contributed by atoms with Gasteiger partial charge in [0.05, 0.1) is 17.0 Å². The molecule has 0 unspecified atom stereocenters. The van der Waals surface area contributed by atoms with Gasteiger partial charge in [0, 0.05) is 18.0 Å². The SMILES string of the molecule is Cc1ccn2cc(CC(=O)O)nc2c1[N+](=O)[O-]. The minimum absolute atomic E-state index is 0.0934. The lowest BCUT2D eigenvalue weighted by atomic mass is 10.2. The number of aliphatic carboxylic acids is 1. The van der Waals surface area contributed by atoms with Crippen molar-refractivity contribution in [3.05, 3.63) is 39.8 Å². The largest absolute Gasteiger partial charge is 0.481 e. The van der Waals surface area contributed by atoms with Crippen molar-refractivity contribution in [1.29, 1.82) is 0 Å². The summed E-state index contributed by atoms with van der Waals surface area (Å²) in [6, 6.07) is 1.59. The van der Waals surface area contributed by atoms with Crippen LogP contribution < -0.4 is 0 Å². The topological polar surface area (TPSA) is 97.7 Å². The van der Waals surface area contributed by atoms with E-state index < -0.39 is 10.9 Å². The van der Waals surface area contributed by atoms with E-state index in [1.165, 1.54) is 10.6 Å². The lowest BCUT2D eigenvalue weighted by Gasteiger charge is -1.98. The number of hydrogen-bond donors (Lipinski definition) is 1. The second-order valence-corrected chi connectivity index (χ2v) is 3.64. The number of carboxylic acid groups (broad SMARTS) is 1. The molecule has 0 amide bonds. The van der Waals surface area contributed by atoms with Crippen molar-refractivity contribution in [2.75, 3.05) is 0 Å². The predicted octanol–water partition coefficient (Wildman–Crippen LogP) is 1.18. The Morgan fingerprint density at radius 1 is 1.65 bits per heavy atom. The third kappa shape index (κ3) is 1.94. The van der Waals surface area contributed by atoms with Crippen molar-refractivity contribution < 1.29 is 14.8 Å². The van der Waals surface area contributed by atoms with Crippen LogP contribution in [0.2, 0.25) is 0 Å². The van der Waals surface area contributed by atoms with Crippen molar-refractivity contribution in [1.82, 2.24) is 9.38 Å². The highest BCUT2D eigenvalue weighted by atomic mass is 16.6. The number of hydrogen-bond acceptors (Lipinski definition) is 4. The highest BCUT2D eigenvalue weighted by Gasteiger charge is 2.19. The molecule has 7 nitrogen and oxygen atoms in total. The van der Waals surface area contributed by atoms with E-state index in [0.29, 0.717) is 11.3 Å². The van der Waals surface area contributed by atoms with E-state index in [1.54, 1.807) is 19.2 Å². The van der Waals surface area contributed by atoms with Gasteiger partial charge in [-0.05, 0) is 13.0 Å². The predicted molar refractivity (Wildman–Crippen MR) is 57.9 cm³/mol. The smallest absolute Gasteiger partial charge is 0.315 e. The monoisotopic (exact) mass is 235 g/mol. The number of rotatable bonds is 3. The molecule has 0 spiro atoms. The molecule has 2 aromatic heterocycles. The summed E-state index contributed by atoms with van der Waals surface area (Å²) >= 11 is 0. The standard InChI is InChI=1S/C10H9N3O4/c1-6-2-3-12-5-7(4-8(14)15)11-10(12)9(6)13(16)17/h2-3,5H,4H2,1H3,(H,14,15). The van der Waals surface area contributed by atoms with Crippen LogP contribution in [0.5, 0.6) is 0 Å². The summed E-state index contributed by atoms with van der Waals surface area (Å²) in [7, 11) is 0. The second-order valence-electron chi connectivity index (χ2n) is 3.64. The molecule has 0 saturated carbocycles. The van der Waals surface area contributed by atoms with Gasteiger partial charge in [0.15, 0.2) is 0 Å². The quantitative estimate of drug-likeness (QED) is 0.636. The first-order valence-electron chi connectivity index (χ1n) is 4.82. The Bertz CT molecular complexity index is 617. The fraction of sp³-hybridized carbons (Fsp3) is 0.200. The molecule has 0 aromatic carbocycles. The minimum Gasteiger partial charge on any atom is -0.481 e. The molecule has 0 bridgehead atoms. The molecule has 0 radical (unpaired) electrons. The fourth-order valence-corrected chi connectivity index (χ4v) is 1.65. The number of aryl methyl sites for hydroxylation is 1. The molecule has 0 atom stereocenters. The zero-order valence-electron chi connectivity index (χ0n) is 8.95. The summed E-state index contributed by atoms with van der Waals surface area (Å²) in [6.07, 6.45) is 2.85. The van der Waals surface area contributed by atoms with Crippen molar-refractivity contribution in [2.24, 2.45) is 0 Å². The molecule has 0 aliphatic carbocycles. The molecule has 0 saturated heterocycles. The van der Waals surface area contributed by atoms with Crippen LogP contribution in [0, 0.1) is 17.0 Å². The molecule has 2 aromatic rings. The molecule has 1 N–H and O–H groups in total. The van der Waals surface area contributed by atoms with Gasteiger partial charge in [0.1, 0.15) is 0 Å². The highest BCUT2D eigenvalue weighted by molar-refractivity contribution is 5.71. The molecule has 17 heavy (non-hydrogen) atoms. The summed E-state index contributed by atoms with van der Waals surface area (Å²) in [6.45, 7) is 1.61. The van der Waals surface area contributed by atoms with Gasteiger partial charge in [-0.3, -0.25) is 14.9 Å². The summed E-state index contributed by atoms with van der Waals surface area (Å²) < 4.78 is 1.46. The summed E-state index contributed by atoms with van der Waals surface area (Å²) in [4.78, 5) is 24.9. The van der Waals surface area contributed by atoms with Gasteiger partial charge >= 0.3 is 11.7 Å². The second kappa shape index (κ2) is 3.85. The number of pyridine rings is 1. The maximum atomic E-state index is 10.9. The van der Waals surface area contributed by atoms with Crippen LogP contribution >= 0.6 is 0 Å². The molecule has 2 rings (SSSR count). The van der Waals surface area contributed by atoms with Crippen LogP contribution in [0.15, 0.2) is 18.5 Å². The van der Waals surface area contributed by atoms with Gasteiger partial charge in [0.2, 0.25) is 5.65 Å². The Hall–Kier alpha value is -2.44. The zero-order chi connectivity index (χ0) is 12.6. The number of fused-ring (bicyclic) bond motifs is 1. The van der Waals surface area contributed by atoms with Gasteiger partial charge in [-0.2, -0.15) is 0 Å². The van der Waals surface area contributed by atoms with Crippen LogP contribution in [0.25, 0.3) is 5.65 Å². The molecular formula is C10H9N3O4. The first-order chi connectivity index (χ1) is 7.99. The van der Waals surface area contributed by atoms with E-state index in [2.05, 4.69) is 4.98 Å². The summed E-state index contributed by atoms with van der Waals surface area (Å²) in [5, 5.41) is 19.5. The van der Waals surface area contributed by atoms with Crippen molar-refractivity contribution in [2.45, 2.75) is 13.3 Å². The molecule has 7 heteroatoms. The summed E-state index contributed by atoms with van der Waals surface area (Å²) in [5.74, 6) is -1.02. The first-order valence-corrected chi connectivity index (χ1v) is 4.82. The van der Waals surface area contributed by atoms with Gasteiger partial charge in [-0.15, -0.1) is 0 Å². The number of nitro groups is 1. The Kier molecular flexibility index (Phi) is 2.51. The maximum Gasteiger partial charge on any atom is 0.315 e. The van der Waals surface area contributed by atoms with E-state index in [9.17, 15) is 14.9 Å². The van der Waals surface area contributed by atoms with Crippen LogP contribution in [-0.2, 0) is 11.2 Å². The van der Waals surface area contributed by atoms with E-state index in [-0.39, 0.29) is 17.8 Å². The molecule has 2 heterocycles. The van der Waals surface area contributed by atoms with Crippen molar-refractivity contribution in [3.63, 3.8) is 0 Å². The van der Waals surface area contributed by atoms with Crippen LogP contribution in [-0.4, -0.2) is 25.4 Å². The highest BCUT2D eigenvalue weighted by Crippen LogP contribution is 2.23. The molecule has 0 fully saturated rings. The summed E-state index contributed by atoms with van der Waals surface area (Å²) in [5.41, 5.74) is 0.872. The number of nitrogens with zero attached hydrogens (tertiary/aromatic N) is 3. The average Bonchev–Trinajstić information content (AvgIpc) is 2.57. The Morgan fingerprint density at radius 2 is 2.35 bits per heavy atom. The van der Waals surface area contributed by atoms with E-state index in [4.69, 9.17) is 5.11 Å². The number of carbonyl (C=O) groups is 1. The van der Waals surface area contributed by atoms with Gasteiger partial charge in [-0.25, -0.2) is 4.98 Å². The molecule has 0 aliphatic heterocycles. The third-order valence-electron chi connectivity index (χ3n) is 2.37. The Balaban J connectivity index is 2.64. The first kappa shape index (κ1) is 11.1. The van der Waals surface area contributed by atoms with E-state index >= 15 is 0 Å². The number of aromatic nitrogens is 2. The van der Waals surface area contributed by atoms with Gasteiger partial charge in [0.25, 0.3) is 0 Å². The fourth-order valence-electron chi connectivity index (χ4n) is 1.65. The maximum absolute atomic E-state index is 10.9. The van der Waals surface area contributed by atoms with Crippen molar-refractivity contribution >= 4 is 17.3 Å². The van der Waals surface area contributed by atoms with E-state index in [0.717, 1.165) is 0 Å². The van der Waals surface area contributed by atoms with Crippen LogP contribution in [0.4, 0.5) is 5.69 Å². The van der Waals surface area contributed by atoms with Crippen molar-refractivity contribution in [3.8, 4) is 0 Å². The third-order valence-corrected chi connectivity index (χ3v) is 2.37. The minimum atomic E-state index is -1.02.